The van der Waals surface area contributed by atoms with Crippen LogP contribution < -0.4 is 4.90 Å². The third-order valence-electron chi connectivity index (χ3n) is 4.23. The number of amides is 1. The minimum absolute atomic E-state index is 0.130. The molecule has 1 aromatic heterocycles. The number of benzene rings is 1. The Morgan fingerprint density at radius 3 is 2.19 bits per heavy atom. The zero-order chi connectivity index (χ0) is 18.7. The van der Waals surface area contributed by atoms with E-state index < -0.39 is 11.7 Å². The van der Waals surface area contributed by atoms with E-state index >= 15 is 0 Å². The molecular weight excluding hydrogens is 345 g/mol. The minimum atomic E-state index is -4.41. The van der Waals surface area contributed by atoms with Gasteiger partial charge in [0, 0.05) is 37.9 Å². The summed E-state index contributed by atoms with van der Waals surface area (Å²) in [6, 6.07) is 10.8. The fourth-order valence-electron chi connectivity index (χ4n) is 2.75. The van der Waals surface area contributed by atoms with Crippen LogP contribution in [0.5, 0.6) is 0 Å². The highest BCUT2D eigenvalue weighted by Gasteiger charge is 2.31. The van der Waals surface area contributed by atoms with Gasteiger partial charge in [-0.2, -0.15) is 18.4 Å². The van der Waals surface area contributed by atoms with Crippen molar-refractivity contribution in [2.45, 2.75) is 6.18 Å². The normalized spacial score (nSPS) is 14.8. The lowest BCUT2D eigenvalue weighted by atomic mass is 10.1. The van der Waals surface area contributed by atoms with Crippen molar-refractivity contribution >= 4 is 11.7 Å². The average molecular weight is 360 g/mol. The van der Waals surface area contributed by atoms with E-state index in [0.717, 1.165) is 12.3 Å². The molecule has 2 heterocycles. The Bertz CT molecular complexity index is 818. The third kappa shape index (κ3) is 3.77. The number of rotatable bonds is 2. The van der Waals surface area contributed by atoms with Crippen LogP contribution in [-0.4, -0.2) is 42.0 Å². The second kappa shape index (κ2) is 7.04. The Morgan fingerprint density at radius 1 is 1.04 bits per heavy atom. The molecular formula is C18H15F3N4O. The number of nitrogens with zero attached hydrogens (tertiary/aromatic N) is 4. The third-order valence-corrected chi connectivity index (χ3v) is 4.23. The van der Waals surface area contributed by atoms with Crippen molar-refractivity contribution in [3.05, 3.63) is 59.3 Å². The highest BCUT2D eigenvalue weighted by Crippen LogP contribution is 2.29. The quantitative estimate of drug-likeness (QED) is 0.826. The molecule has 0 unspecified atom stereocenters. The number of aromatic nitrogens is 1. The zero-order valence-electron chi connectivity index (χ0n) is 13.7. The Morgan fingerprint density at radius 2 is 1.69 bits per heavy atom. The predicted octanol–water partition coefficient (Wildman–Crippen LogP) is 2.93. The number of halogens is 3. The van der Waals surface area contributed by atoms with Crippen LogP contribution in [-0.2, 0) is 6.18 Å². The fourth-order valence-corrected chi connectivity index (χ4v) is 2.75. The second-order valence-electron chi connectivity index (χ2n) is 5.87. The summed E-state index contributed by atoms with van der Waals surface area (Å²) in [6.45, 7) is 1.86. The van der Waals surface area contributed by atoms with Gasteiger partial charge in [0.25, 0.3) is 5.91 Å². The van der Waals surface area contributed by atoms with Gasteiger partial charge in [0.05, 0.1) is 17.2 Å². The number of carbonyl (C=O) groups is 1. The molecule has 3 rings (SSSR count). The standard InChI is InChI=1S/C18H15F3N4O/c19-18(20,21)15-5-6-16(23-12-15)24-7-9-25(10-8-24)17(26)14-3-1-13(11-22)2-4-14/h1-6,12H,7-10H2. The van der Waals surface area contributed by atoms with Gasteiger partial charge < -0.3 is 9.80 Å². The largest absolute Gasteiger partial charge is 0.417 e. The van der Waals surface area contributed by atoms with E-state index in [4.69, 9.17) is 5.26 Å². The maximum atomic E-state index is 12.6. The van der Waals surface area contributed by atoms with Gasteiger partial charge in [0.1, 0.15) is 5.82 Å². The number of piperazine rings is 1. The van der Waals surface area contributed by atoms with Crippen LogP contribution in [0.25, 0.3) is 0 Å². The first kappa shape index (κ1) is 17.7. The molecule has 1 saturated heterocycles. The number of hydrogen-bond acceptors (Lipinski definition) is 4. The van der Waals surface area contributed by atoms with E-state index in [2.05, 4.69) is 4.98 Å². The van der Waals surface area contributed by atoms with Crippen molar-refractivity contribution < 1.29 is 18.0 Å². The molecule has 8 heteroatoms. The number of pyridine rings is 1. The highest BCUT2D eigenvalue weighted by atomic mass is 19.4. The topological polar surface area (TPSA) is 60.2 Å². The smallest absolute Gasteiger partial charge is 0.353 e. The number of anilines is 1. The molecule has 0 atom stereocenters. The maximum Gasteiger partial charge on any atom is 0.417 e. The van der Waals surface area contributed by atoms with Crippen LogP contribution >= 0.6 is 0 Å². The Balaban J connectivity index is 1.61. The Hall–Kier alpha value is -3.08. The van der Waals surface area contributed by atoms with E-state index in [1.54, 1.807) is 29.2 Å². The molecule has 2 aromatic rings. The fraction of sp³-hybridized carbons (Fsp3) is 0.278. The average Bonchev–Trinajstić information content (AvgIpc) is 2.67. The number of nitriles is 1. The lowest BCUT2D eigenvalue weighted by molar-refractivity contribution is -0.137. The lowest BCUT2D eigenvalue weighted by Gasteiger charge is -2.35. The van der Waals surface area contributed by atoms with E-state index in [-0.39, 0.29) is 5.91 Å². The van der Waals surface area contributed by atoms with E-state index in [1.165, 1.54) is 6.07 Å². The summed E-state index contributed by atoms with van der Waals surface area (Å²) in [7, 11) is 0. The van der Waals surface area contributed by atoms with E-state index in [0.29, 0.717) is 43.1 Å². The number of carbonyl (C=O) groups excluding carboxylic acids is 1. The molecule has 1 aliphatic rings. The van der Waals surface area contributed by atoms with Gasteiger partial charge in [-0.15, -0.1) is 0 Å². The summed E-state index contributed by atoms with van der Waals surface area (Å²) in [5.41, 5.74) is 0.209. The van der Waals surface area contributed by atoms with E-state index in [1.807, 2.05) is 11.0 Å². The first-order valence-corrected chi connectivity index (χ1v) is 7.96. The van der Waals surface area contributed by atoms with Crippen LogP contribution in [0.1, 0.15) is 21.5 Å². The molecule has 134 valence electrons. The maximum absolute atomic E-state index is 12.6. The zero-order valence-corrected chi connectivity index (χ0v) is 13.7. The van der Waals surface area contributed by atoms with Gasteiger partial charge in [-0.05, 0) is 36.4 Å². The van der Waals surface area contributed by atoms with Crippen molar-refractivity contribution in [2.24, 2.45) is 0 Å². The molecule has 0 bridgehead atoms. The monoisotopic (exact) mass is 360 g/mol. The lowest BCUT2D eigenvalue weighted by Crippen LogP contribution is -2.49. The molecule has 0 radical (unpaired) electrons. The SMILES string of the molecule is N#Cc1ccc(C(=O)N2CCN(c3ccc(C(F)(F)F)cn3)CC2)cc1. The molecule has 0 saturated carbocycles. The molecule has 0 spiro atoms. The molecule has 1 aliphatic heterocycles. The second-order valence-corrected chi connectivity index (χ2v) is 5.87. The van der Waals surface area contributed by atoms with Gasteiger partial charge in [-0.25, -0.2) is 4.98 Å². The molecule has 1 amide bonds. The summed E-state index contributed by atoms with van der Waals surface area (Å²) >= 11 is 0. The van der Waals surface area contributed by atoms with Crippen molar-refractivity contribution in [1.82, 2.24) is 9.88 Å². The molecule has 0 N–H and O–H groups in total. The van der Waals surface area contributed by atoms with Crippen LogP contribution in [0.4, 0.5) is 19.0 Å². The van der Waals surface area contributed by atoms with Gasteiger partial charge in [0.2, 0.25) is 0 Å². The van der Waals surface area contributed by atoms with Crippen LogP contribution in [0.3, 0.4) is 0 Å². The van der Waals surface area contributed by atoms with Crippen molar-refractivity contribution in [2.75, 3.05) is 31.1 Å². The van der Waals surface area contributed by atoms with Gasteiger partial charge >= 0.3 is 6.18 Å². The Kier molecular flexibility index (Phi) is 4.80. The number of hydrogen-bond donors (Lipinski definition) is 0. The summed E-state index contributed by atoms with van der Waals surface area (Å²) in [5.74, 6) is 0.331. The number of alkyl halides is 3. The van der Waals surface area contributed by atoms with Crippen molar-refractivity contribution in [3.8, 4) is 6.07 Å². The van der Waals surface area contributed by atoms with E-state index in [9.17, 15) is 18.0 Å². The molecule has 5 nitrogen and oxygen atoms in total. The summed E-state index contributed by atoms with van der Waals surface area (Å²) in [5, 5.41) is 8.80. The molecule has 1 fully saturated rings. The first-order chi connectivity index (χ1) is 12.4. The summed E-state index contributed by atoms with van der Waals surface area (Å²) in [6.07, 6.45) is -3.58. The van der Waals surface area contributed by atoms with Gasteiger partial charge in [-0.3, -0.25) is 4.79 Å². The van der Waals surface area contributed by atoms with Gasteiger partial charge in [-0.1, -0.05) is 0 Å². The highest BCUT2D eigenvalue weighted by molar-refractivity contribution is 5.94. The Labute approximate surface area is 148 Å². The minimum Gasteiger partial charge on any atom is -0.353 e. The van der Waals surface area contributed by atoms with Crippen LogP contribution in [0.15, 0.2) is 42.6 Å². The predicted molar refractivity (Wildman–Crippen MR) is 88.5 cm³/mol. The summed E-state index contributed by atoms with van der Waals surface area (Å²) < 4.78 is 37.8. The molecule has 26 heavy (non-hydrogen) atoms. The molecule has 0 aliphatic carbocycles. The van der Waals surface area contributed by atoms with Crippen LogP contribution in [0, 0.1) is 11.3 Å². The first-order valence-electron chi connectivity index (χ1n) is 7.96. The molecule has 1 aromatic carbocycles. The van der Waals surface area contributed by atoms with Crippen molar-refractivity contribution in [3.63, 3.8) is 0 Å². The summed E-state index contributed by atoms with van der Waals surface area (Å²) in [4.78, 5) is 19.9. The van der Waals surface area contributed by atoms with Gasteiger partial charge in [0.15, 0.2) is 0 Å². The van der Waals surface area contributed by atoms with Crippen molar-refractivity contribution in [1.29, 1.82) is 5.26 Å². The van der Waals surface area contributed by atoms with Crippen LogP contribution in [0.2, 0.25) is 0 Å².